The molecule has 1 aromatic rings. The number of carbonyl (C=O) groups is 2. The molecule has 1 aliphatic heterocycles. The maximum absolute atomic E-state index is 11.8. The summed E-state index contributed by atoms with van der Waals surface area (Å²) >= 11 is 1.42. The van der Waals surface area contributed by atoms with Gasteiger partial charge in [-0.1, -0.05) is 17.4 Å². The zero-order chi connectivity index (χ0) is 13.8. The lowest BCUT2D eigenvalue weighted by molar-refractivity contribution is -0.114. The standard InChI is InChI=1S/C12H16N4O2S/c1-3-5-13-12(18)16-6-4-9-10(7-16)19-11(15-9)14-8(2)17/h3H,1,4-7H2,2H3,(H,13,18)(H,14,15,17). The Hall–Kier alpha value is -1.89. The zero-order valence-electron chi connectivity index (χ0n) is 10.7. The van der Waals surface area contributed by atoms with Crippen LogP contribution in [0.4, 0.5) is 9.93 Å². The third-order valence-electron chi connectivity index (χ3n) is 2.70. The third-order valence-corrected chi connectivity index (χ3v) is 3.70. The molecule has 0 aromatic carbocycles. The summed E-state index contributed by atoms with van der Waals surface area (Å²) in [5, 5.41) is 6.03. The van der Waals surface area contributed by atoms with Crippen LogP contribution in [0.25, 0.3) is 0 Å². The fraction of sp³-hybridized carbons (Fsp3) is 0.417. The Morgan fingerprint density at radius 2 is 2.37 bits per heavy atom. The Balaban J connectivity index is 2.02. The van der Waals surface area contributed by atoms with Crippen molar-refractivity contribution in [2.24, 2.45) is 0 Å². The van der Waals surface area contributed by atoms with Gasteiger partial charge < -0.3 is 15.5 Å². The Morgan fingerprint density at radius 3 is 3.05 bits per heavy atom. The number of aromatic nitrogens is 1. The molecule has 0 spiro atoms. The van der Waals surface area contributed by atoms with Crippen molar-refractivity contribution in [3.8, 4) is 0 Å². The van der Waals surface area contributed by atoms with Gasteiger partial charge in [-0.15, -0.1) is 6.58 Å². The molecule has 6 nitrogen and oxygen atoms in total. The van der Waals surface area contributed by atoms with E-state index in [9.17, 15) is 9.59 Å². The molecule has 1 aliphatic rings. The predicted molar refractivity (Wildman–Crippen MR) is 74.1 cm³/mol. The van der Waals surface area contributed by atoms with E-state index in [-0.39, 0.29) is 11.9 Å². The van der Waals surface area contributed by atoms with Crippen molar-refractivity contribution >= 4 is 28.4 Å². The van der Waals surface area contributed by atoms with Crippen molar-refractivity contribution in [2.45, 2.75) is 19.9 Å². The van der Waals surface area contributed by atoms with Crippen LogP contribution in [0.3, 0.4) is 0 Å². The molecule has 0 unspecified atom stereocenters. The summed E-state index contributed by atoms with van der Waals surface area (Å²) in [6, 6.07) is -0.0972. The van der Waals surface area contributed by atoms with E-state index in [0.717, 1.165) is 10.6 Å². The average Bonchev–Trinajstić information content (AvgIpc) is 2.75. The Bertz CT molecular complexity index is 512. The number of urea groups is 1. The van der Waals surface area contributed by atoms with Crippen molar-refractivity contribution < 1.29 is 9.59 Å². The van der Waals surface area contributed by atoms with Gasteiger partial charge in [0.25, 0.3) is 0 Å². The van der Waals surface area contributed by atoms with E-state index >= 15 is 0 Å². The minimum absolute atomic E-state index is 0.0972. The van der Waals surface area contributed by atoms with E-state index in [1.807, 2.05) is 0 Å². The van der Waals surface area contributed by atoms with Crippen molar-refractivity contribution in [3.63, 3.8) is 0 Å². The summed E-state index contributed by atoms with van der Waals surface area (Å²) < 4.78 is 0. The summed E-state index contributed by atoms with van der Waals surface area (Å²) in [6.07, 6.45) is 2.36. The van der Waals surface area contributed by atoms with Gasteiger partial charge >= 0.3 is 6.03 Å². The summed E-state index contributed by atoms with van der Waals surface area (Å²) in [5.74, 6) is -0.133. The topological polar surface area (TPSA) is 74.3 Å². The lowest BCUT2D eigenvalue weighted by Crippen LogP contribution is -2.42. The molecule has 2 N–H and O–H groups in total. The number of hydrogen-bond donors (Lipinski definition) is 2. The van der Waals surface area contributed by atoms with E-state index in [1.54, 1.807) is 11.0 Å². The molecule has 2 heterocycles. The minimum atomic E-state index is -0.133. The first-order valence-electron chi connectivity index (χ1n) is 6.00. The predicted octanol–water partition coefficient (Wildman–Crippen LogP) is 1.36. The lowest BCUT2D eigenvalue weighted by atomic mass is 10.2. The second kappa shape index (κ2) is 5.83. The van der Waals surface area contributed by atoms with E-state index in [4.69, 9.17) is 0 Å². The Labute approximate surface area is 115 Å². The number of amides is 3. The highest BCUT2D eigenvalue weighted by Gasteiger charge is 2.23. The molecule has 102 valence electrons. The van der Waals surface area contributed by atoms with Crippen molar-refractivity contribution in [1.82, 2.24) is 15.2 Å². The van der Waals surface area contributed by atoms with Gasteiger partial charge in [-0.05, 0) is 0 Å². The van der Waals surface area contributed by atoms with Crippen molar-refractivity contribution in [2.75, 3.05) is 18.4 Å². The van der Waals surface area contributed by atoms with Gasteiger partial charge in [-0.25, -0.2) is 9.78 Å². The third kappa shape index (κ3) is 3.31. The van der Waals surface area contributed by atoms with E-state index in [0.29, 0.717) is 31.2 Å². The number of fused-ring (bicyclic) bond motifs is 1. The number of anilines is 1. The number of nitrogens with one attached hydrogen (secondary N) is 2. The number of carbonyl (C=O) groups excluding carboxylic acids is 2. The van der Waals surface area contributed by atoms with Crippen LogP contribution >= 0.6 is 11.3 Å². The summed E-state index contributed by atoms with van der Waals surface area (Å²) in [7, 11) is 0. The lowest BCUT2D eigenvalue weighted by Gasteiger charge is -2.25. The summed E-state index contributed by atoms with van der Waals surface area (Å²) in [6.45, 7) is 6.65. The van der Waals surface area contributed by atoms with Crippen LogP contribution in [0, 0.1) is 0 Å². The van der Waals surface area contributed by atoms with Crippen LogP contribution in [0.5, 0.6) is 0 Å². The van der Waals surface area contributed by atoms with Gasteiger partial charge in [0.1, 0.15) is 0 Å². The molecule has 19 heavy (non-hydrogen) atoms. The number of rotatable bonds is 3. The van der Waals surface area contributed by atoms with Crippen LogP contribution in [0.15, 0.2) is 12.7 Å². The smallest absolute Gasteiger partial charge is 0.317 e. The molecule has 0 saturated heterocycles. The first kappa shape index (κ1) is 13.5. The van der Waals surface area contributed by atoms with Crippen LogP contribution < -0.4 is 10.6 Å². The van der Waals surface area contributed by atoms with Crippen LogP contribution in [0.2, 0.25) is 0 Å². The molecule has 3 amide bonds. The van der Waals surface area contributed by atoms with Crippen molar-refractivity contribution in [3.05, 3.63) is 23.2 Å². The van der Waals surface area contributed by atoms with Gasteiger partial charge in [-0.3, -0.25) is 4.79 Å². The maximum Gasteiger partial charge on any atom is 0.317 e. The first-order valence-corrected chi connectivity index (χ1v) is 6.81. The van der Waals surface area contributed by atoms with Crippen molar-refractivity contribution in [1.29, 1.82) is 0 Å². The summed E-state index contributed by atoms with van der Waals surface area (Å²) in [5.41, 5.74) is 0.974. The van der Waals surface area contributed by atoms with Crippen LogP contribution in [-0.4, -0.2) is 34.9 Å². The summed E-state index contributed by atoms with van der Waals surface area (Å²) in [4.78, 5) is 29.9. The Morgan fingerprint density at radius 1 is 1.58 bits per heavy atom. The molecule has 0 atom stereocenters. The molecule has 7 heteroatoms. The molecular formula is C12H16N4O2S. The SMILES string of the molecule is C=CCNC(=O)N1CCc2nc(NC(C)=O)sc2C1. The molecule has 2 rings (SSSR count). The van der Waals surface area contributed by atoms with E-state index < -0.39 is 0 Å². The van der Waals surface area contributed by atoms with Crippen LogP contribution in [-0.2, 0) is 17.8 Å². The van der Waals surface area contributed by atoms with Gasteiger partial charge in [-0.2, -0.15) is 0 Å². The van der Waals surface area contributed by atoms with Gasteiger partial charge in [0.15, 0.2) is 5.13 Å². The first-order chi connectivity index (χ1) is 9.10. The van der Waals surface area contributed by atoms with Crippen LogP contribution in [0.1, 0.15) is 17.5 Å². The number of hydrogen-bond acceptors (Lipinski definition) is 4. The molecule has 0 fully saturated rings. The molecule has 0 bridgehead atoms. The monoisotopic (exact) mass is 280 g/mol. The van der Waals surface area contributed by atoms with Gasteiger partial charge in [0.2, 0.25) is 5.91 Å². The fourth-order valence-corrected chi connectivity index (χ4v) is 2.91. The van der Waals surface area contributed by atoms with E-state index in [1.165, 1.54) is 18.3 Å². The highest BCUT2D eigenvalue weighted by Crippen LogP contribution is 2.28. The second-order valence-electron chi connectivity index (χ2n) is 4.22. The normalized spacial score (nSPS) is 13.6. The number of nitrogens with zero attached hydrogens (tertiary/aromatic N) is 2. The van der Waals surface area contributed by atoms with Gasteiger partial charge in [0.05, 0.1) is 12.2 Å². The van der Waals surface area contributed by atoms with E-state index in [2.05, 4.69) is 22.2 Å². The maximum atomic E-state index is 11.8. The highest BCUT2D eigenvalue weighted by molar-refractivity contribution is 7.15. The average molecular weight is 280 g/mol. The number of thiazole rings is 1. The molecular weight excluding hydrogens is 264 g/mol. The molecule has 1 aromatic heterocycles. The van der Waals surface area contributed by atoms with Gasteiger partial charge in [0, 0.05) is 31.3 Å². The molecule has 0 aliphatic carbocycles. The largest absolute Gasteiger partial charge is 0.335 e. The fourth-order valence-electron chi connectivity index (χ4n) is 1.84. The molecule has 0 radical (unpaired) electrons. The zero-order valence-corrected chi connectivity index (χ0v) is 11.5. The quantitative estimate of drug-likeness (QED) is 0.821. The Kier molecular flexibility index (Phi) is 4.16. The second-order valence-corrected chi connectivity index (χ2v) is 5.30. The minimum Gasteiger partial charge on any atom is -0.335 e. The molecule has 0 saturated carbocycles. The highest BCUT2D eigenvalue weighted by atomic mass is 32.1.